The fourth-order valence-electron chi connectivity index (χ4n) is 0.907. The minimum absolute atomic E-state index is 0.0325. The summed E-state index contributed by atoms with van der Waals surface area (Å²) >= 11 is 0. The molecule has 0 fully saturated rings. The van der Waals surface area contributed by atoms with Crippen LogP contribution in [0, 0.1) is 5.92 Å². The fraction of sp³-hybridized carbons (Fsp3) is 0.818. The van der Waals surface area contributed by atoms with Crippen molar-refractivity contribution < 1.29 is 19.1 Å². The van der Waals surface area contributed by atoms with E-state index in [9.17, 15) is 9.59 Å². The number of hydrogen-bond acceptors (Lipinski definition) is 5. The van der Waals surface area contributed by atoms with E-state index in [4.69, 9.17) is 10.5 Å². The molecule has 16 heavy (non-hydrogen) atoms. The van der Waals surface area contributed by atoms with Crippen LogP contribution in [-0.4, -0.2) is 23.8 Å². The van der Waals surface area contributed by atoms with Crippen LogP contribution in [0.1, 0.15) is 41.0 Å². The molecule has 0 amide bonds. The standard InChI is InChI=1S/C11H21NO4/c1-6-7(2)8(12)9(13)15-10(14)16-11(3,4)5/h7-8H,6,12H2,1-5H3/t7-,8-/m0/s1. The molecule has 5 nitrogen and oxygen atoms in total. The van der Waals surface area contributed by atoms with Crippen molar-refractivity contribution >= 4 is 12.1 Å². The molecule has 0 aliphatic heterocycles. The van der Waals surface area contributed by atoms with Gasteiger partial charge in [-0.2, -0.15) is 0 Å². The average Bonchev–Trinajstić information content (AvgIpc) is 2.12. The molecule has 5 heteroatoms. The zero-order valence-electron chi connectivity index (χ0n) is 10.6. The minimum Gasteiger partial charge on any atom is -0.428 e. The van der Waals surface area contributed by atoms with Gasteiger partial charge in [-0.1, -0.05) is 20.3 Å². The molecule has 0 spiro atoms. The molecule has 0 saturated heterocycles. The third-order valence-electron chi connectivity index (χ3n) is 2.10. The Hall–Kier alpha value is -1.10. The van der Waals surface area contributed by atoms with Crippen LogP contribution in [0.2, 0.25) is 0 Å². The van der Waals surface area contributed by atoms with E-state index in [1.807, 2.05) is 13.8 Å². The number of rotatable bonds is 3. The van der Waals surface area contributed by atoms with E-state index < -0.39 is 23.8 Å². The van der Waals surface area contributed by atoms with E-state index in [2.05, 4.69) is 4.74 Å². The van der Waals surface area contributed by atoms with Gasteiger partial charge in [-0.25, -0.2) is 9.59 Å². The molecule has 0 aliphatic rings. The van der Waals surface area contributed by atoms with Gasteiger partial charge in [0, 0.05) is 0 Å². The van der Waals surface area contributed by atoms with Gasteiger partial charge in [0.2, 0.25) is 0 Å². The van der Waals surface area contributed by atoms with E-state index in [0.29, 0.717) is 0 Å². The Balaban J connectivity index is 4.20. The Morgan fingerprint density at radius 3 is 2.19 bits per heavy atom. The Labute approximate surface area is 96.3 Å². The number of carbonyl (C=O) groups excluding carboxylic acids is 2. The maximum absolute atomic E-state index is 11.4. The zero-order valence-corrected chi connectivity index (χ0v) is 10.6. The van der Waals surface area contributed by atoms with E-state index in [0.717, 1.165) is 6.42 Å². The lowest BCUT2D eigenvalue weighted by atomic mass is 10.0. The third-order valence-corrected chi connectivity index (χ3v) is 2.10. The number of esters is 1. The molecule has 0 bridgehead atoms. The summed E-state index contributed by atoms with van der Waals surface area (Å²) in [6.45, 7) is 8.79. The van der Waals surface area contributed by atoms with Crippen molar-refractivity contribution in [3.63, 3.8) is 0 Å². The van der Waals surface area contributed by atoms with E-state index >= 15 is 0 Å². The Bertz CT molecular complexity index is 257. The summed E-state index contributed by atoms with van der Waals surface area (Å²) in [6, 6.07) is -0.794. The van der Waals surface area contributed by atoms with Crippen LogP contribution >= 0.6 is 0 Å². The van der Waals surface area contributed by atoms with Crippen LogP contribution in [-0.2, 0) is 14.3 Å². The molecule has 0 aliphatic carbocycles. The second kappa shape index (κ2) is 5.84. The van der Waals surface area contributed by atoms with Crippen LogP contribution in [0.4, 0.5) is 4.79 Å². The Kier molecular flexibility index (Phi) is 5.44. The summed E-state index contributed by atoms with van der Waals surface area (Å²) in [5, 5.41) is 0. The number of carbonyl (C=O) groups is 2. The normalized spacial score (nSPS) is 15.1. The Morgan fingerprint density at radius 2 is 1.81 bits per heavy atom. The van der Waals surface area contributed by atoms with Crippen molar-refractivity contribution in [3.05, 3.63) is 0 Å². The number of nitrogens with two attached hydrogens (primary N) is 1. The van der Waals surface area contributed by atoms with Crippen molar-refractivity contribution in [1.82, 2.24) is 0 Å². The van der Waals surface area contributed by atoms with E-state index in [1.54, 1.807) is 20.8 Å². The average molecular weight is 231 g/mol. The largest absolute Gasteiger partial charge is 0.516 e. The van der Waals surface area contributed by atoms with Gasteiger partial charge < -0.3 is 15.2 Å². The first-order chi connectivity index (χ1) is 7.17. The van der Waals surface area contributed by atoms with Crippen LogP contribution in [0.3, 0.4) is 0 Å². The molecular formula is C11H21NO4. The molecule has 94 valence electrons. The summed E-state index contributed by atoms with van der Waals surface area (Å²) in [5.74, 6) is -0.779. The third kappa shape index (κ3) is 5.70. The zero-order chi connectivity index (χ0) is 12.9. The van der Waals surface area contributed by atoms with Crippen LogP contribution in [0.15, 0.2) is 0 Å². The first-order valence-corrected chi connectivity index (χ1v) is 5.37. The molecule has 0 aromatic carbocycles. The molecule has 2 atom stereocenters. The van der Waals surface area contributed by atoms with Crippen LogP contribution < -0.4 is 5.73 Å². The van der Waals surface area contributed by atoms with Gasteiger partial charge >= 0.3 is 12.1 Å². The van der Waals surface area contributed by atoms with Gasteiger partial charge in [-0.05, 0) is 26.7 Å². The lowest BCUT2D eigenvalue weighted by Gasteiger charge is -2.20. The van der Waals surface area contributed by atoms with Crippen molar-refractivity contribution in [2.45, 2.75) is 52.7 Å². The fourth-order valence-corrected chi connectivity index (χ4v) is 0.907. The van der Waals surface area contributed by atoms with Gasteiger partial charge in [-0.15, -0.1) is 0 Å². The molecule has 0 aromatic heterocycles. The highest BCUT2D eigenvalue weighted by molar-refractivity contribution is 5.85. The second-order valence-electron chi connectivity index (χ2n) is 4.80. The topological polar surface area (TPSA) is 78.6 Å². The second-order valence-corrected chi connectivity index (χ2v) is 4.80. The smallest absolute Gasteiger partial charge is 0.428 e. The van der Waals surface area contributed by atoms with E-state index in [-0.39, 0.29) is 5.92 Å². The molecule has 0 unspecified atom stereocenters. The first-order valence-electron chi connectivity index (χ1n) is 5.37. The molecular weight excluding hydrogens is 210 g/mol. The predicted molar refractivity (Wildman–Crippen MR) is 59.8 cm³/mol. The summed E-state index contributed by atoms with van der Waals surface area (Å²) < 4.78 is 9.32. The molecule has 0 rings (SSSR count). The van der Waals surface area contributed by atoms with Gasteiger partial charge in [0.05, 0.1) is 0 Å². The van der Waals surface area contributed by atoms with Gasteiger partial charge in [-0.3, -0.25) is 0 Å². The monoisotopic (exact) mass is 231 g/mol. The van der Waals surface area contributed by atoms with Crippen LogP contribution in [0.25, 0.3) is 0 Å². The van der Waals surface area contributed by atoms with Gasteiger partial charge in [0.15, 0.2) is 0 Å². The highest BCUT2D eigenvalue weighted by Gasteiger charge is 2.26. The molecule has 0 heterocycles. The quantitative estimate of drug-likeness (QED) is 0.592. The van der Waals surface area contributed by atoms with Crippen molar-refractivity contribution in [1.29, 1.82) is 0 Å². The minimum atomic E-state index is -1.00. The Morgan fingerprint density at radius 1 is 1.31 bits per heavy atom. The van der Waals surface area contributed by atoms with E-state index in [1.165, 1.54) is 0 Å². The number of hydrogen-bond donors (Lipinski definition) is 1. The predicted octanol–water partition coefficient (Wildman–Crippen LogP) is 1.84. The maximum atomic E-state index is 11.4. The summed E-state index contributed by atoms with van der Waals surface area (Å²) in [5.41, 5.74) is 4.92. The molecule has 2 N–H and O–H groups in total. The summed E-state index contributed by atoms with van der Waals surface area (Å²) in [6.07, 6.45) is -0.263. The summed E-state index contributed by atoms with van der Waals surface area (Å²) in [7, 11) is 0. The molecule has 0 saturated carbocycles. The highest BCUT2D eigenvalue weighted by Crippen LogP contribution is 2.10. The number of ether oxygens (including phenoxy) is 2. The van der Waals surface area contributed by atoms with Gasteiger partial charge in [0.25, 0.3) is 0 Å². The van der Waals surface area contributed by atoms with Crippen molar-refractivity contribution in [2.75, 3.05) is 0 Å². The van der Waals surface area contributed by atoms with Crippen molar-refractivity contribution in [3.8, 4) is 0 Å². The SMILES string of the molecule is CC[C@H](C)[C@H](N)C(=O)OC(=O)OC(C)(C)C. The summed E-state index contributed by atoms with van der Waals surface area (Å²) in [4.78, 5) is 22.6. The highest BCUT2D eigenvalue weighted by atomic mass is 16.7. The lowest BCUT2D eigenvalue weighted by Crippen LogP contribution is -2.40. The first kappa shape index (κ1) is 14.9. The maximum Gasteiger partial charge on any atom is 0.516 e. The lowest BCUT2D eigenvalue weighted by molar-refractivity contribution is -0.144. The van der Waals surface area contributed by atoms with Crippen molar-refractivity contribution in [2.24, 2.45) is 11.7 Å². The molecule has 0 aromatic rings. The van der Waals surface area contributed by atoms with Crippen LogP contribution in [0.5, 0.6) is 0 Å². The van der Waals surface area contributed by atoms with Gasteiger partial charge in [0.1, 0.15) is 11.6 Å². The molecule has 0 radical (unpaired) electrons.